The van der Waals surface area contributed by atoms with E-state index < -0.39 is 0 Å². The minimum Gasteiger partial charge on any atom is -0.465 e. The number of carbonyl (C=O) groups is 1. The zero-order valence-electron chi connectivity index (χ0n) is 17.0. The van der Waals surface area contributed by atoms with Crippen molar-refractivity contribution in [2.24, 2.45) is 0 Å². The number of esters is 1. The van der Waals surface area contributed by atoms with Gasteiger partial charge in [-0.15, -0.1) is 0 Å². The van der Waals surface area contributed by atoms with Crippen molar-refractivity contribution < 1.29 is 9.53 Å². The molecular formula is C23H24N4O2S. The van der Waals surface area contributed by atoms with E-state index in [2.05, 4.69) is 46.1 Å². The highest BCUT2D eigenvalue weighted by Gasteiger charge is 2.42. The van der Waals surface area contributed by atoms with Crippen LogP contribution in [0.5, 0.6) is 0 Å². The fourth-order valence-electron chi connectivity index (χ4n) is 3.96. The monoisotopic (exact) mass is 420 g/mol. The first-order chi connectivity index (χ1) is 14.6. The van der Waals surface area contributed by atoms with Crippen molar-refractivity contribution in [2.75, 3.05) is 13.2 Å². The molecule has 0 radical (unpaired) electrons. The average Bonchev–Trinajstić information content (AvgIpc) is 3.29. The van der Waals surface area contributed by atoms with Gasteiger partial charge in [0.15, 0.2) is 5.11 Å². The van der Waals surface area contributed by atoms with E-state index in [0.717, 1.165) is 22.8 Å². The summed E-state index contributed by atoms with van der Waals surface area (Å²) >= 11 is 5.63. The van der Waals surface area contributed by atoms with E-state index in [1.165, 1.54) is 0 Å². The average molecular weight is 421 g/mol. The van der Waals surface area contributed by atoms with Gasteiger partial charge in [0, 0.05) is 23.3 Å². The molecule has 3 heterocycles. The molecule has 0 amide bonds. The molecule has 1 fully saturated rings. The summed E-state index contributed by atoms with van der Waals surface area (Å²) < 4.78 is 7.41. The van der Waals surface area contributed by atoms with E-state index in [1.54, 1.807) is 13.1 Å². The number of carbonyl (C=O) groups excluding carboxylic acids is 1. The second-order valence-electron chi connectivity index (χ2n) is 7.13. The third-order valence-electron chi connectivity index (χ3n) is 5.23. The van der Waals surface area contributed by atoms with E-state index in [9.17, 15) is 4.79 Å². The SMILES string of the molecule is CCOC(=O)CN1C(=S)N[C@@H](c2ccccn2)[C@@H]1c1ccc(C)n1-c1ccccc1. The number of rotatable bonds is 6. The van der Waals surface area contributed by atoms with Crippen molar-refractivity contribution in [2.45, 2.75) is 25.9 Å². The highest BCUT2D eigenvalue weighted by Crippen LogP contribution is 2.40. The summed E-state index contributed by atoms with van der Waals surface area (Å²) in [6, 6.07) is 19.8. The third-order valence-corrected chi connectivity index (χ3v) is 5.58. The lowest BCUT2D eigenvalue weighted by Gasteiger charge is -2.28. The van der Waals surface area contributed by atoms with Crippen molar-refractivity contribution in [3.63, 3.8) is 0 Å². The van der Waals surface area contributed by atoms with Gasteiger partial charge < -0.3 is 19.5 Å². The zero-order valence-corrected chi connectivity index (χ0v) is 17.8. The molecule has 7 heteroatoms. The Morgan fingerprint density at radius 2 is 1.90 bits per heavy atom. The van der Waals surface area contributed by atoms with Crippen LogP contribution in [0.15, 0.2) is 66.9 Å². The Hall–Kier alpha value is -3.19. The summed E-state index contributed by atoms with van der Waals surface area (Å²) in [5, 5.41) is 3.89. The van der Waals surface area contributed by atoms with Crippen molar-refractivity contribution in [3.05, 3.63) is 83.9 Å². The maximum Gasteiger partial charge on any atom is 0.325 e. The number of aryl methyl sites for hydroxylation is 1. The van der Waals surface area contributed by atoms with Gasteiger partial charge in [0.25, 0.3) is 0 Å². The molecular weight excluding hydrogens is 396 g/mol. The Labute approximate surface area is 181 Å². The predicted molar refractivity (Wildman–Crippen MR) is 119 cm³/mol. The molecule has 154 valence electrons. The molecule has 0 unspecified atom stereocenters. The lowest BCUT2D eigenvalue weighted by atomic mass is 10.0. The van der Waals surface area contributed by atoms with Gasteiger partial charge in [0.1, 0.15) is 6.54 Å². The zero-order chi connectivity index (χ0) is 21.1. The number of thiocarbonyl (C=S) groups is 1. The van der Waals surface area contributed by atoms with Gasteiger partial charge >= 0.3 is 5.97 Å². The quantitative estimate of drug-likeness (QED) is 0.485. The van der Waals surface area contributed by atoms with E-state index in [-0.39, 0.29) is 24.6 Å². The maximum atomic E-state index is 12.4. The van der Waals surface area contributed by atoms with Crippen LogP contribution in [0.2, 0.25) is 0 Å². The van der Waals surface area contributed by atoms with Gasteiger partial charge in [-0.2, -0.15) is 0 Å². The number of aromatic nitrogens is 2. The Kier molecular flexibility index (Phi) is 5.81. The highest BCUT2D eigenvalue weighted by atomic mass is 32.1. The summed E-state index contributed by atoms with van der Waals surface area (Å²) in [5.74, 6) is -0.303. The second kappa shape index (κ2) is 8.67. The van der Waals surface area contributed by atoms with Crippen LogP contribution >= 0.6 is 12.2 Å². The van der Waals surface area contributed by atoms with Gasteiger partial charge in [0.05, 0.1) is 24.4 Å². The molecule has 2 aromatic heterocycles. The number of para-hydroxylation sites is 1. The largest absolute Gasteiger partial charge is 0.465 e. The van der Waals surface area contributed by atoms with Gasteiger partial charge in [-0.3, -0.25) is 9.78 Å². The smallest absolute Gasteiger partial charge is 0.325 e. The molecule has 1 aromatic carbocycles. The van der Waals surface area contributed by atoms with Crippen LogP contribution in [0.25, 0.3) is 5.69 Å². The number of nitrogens with zero attached hydrogens (tertiary/aromatic N) is 3. The standard InChI is InChI=1S/C23H24N4O2S/c1-3-29-20(28)15-26-22(21(25-23(26)30)18-11-7-8-14-24-18)19-13-12-16(2)27(19)17-9-5-4-6-10-17/h4-14,21-22H,3,15H2,1-2H3,(H,25,30)/t21-,22-/m0/s1. The first-order valence-corrected chi connectivity index (χ1v) is 10.4. The van der Waals surface area contributed by atoms with Gasteiger partial charge in [-0.05, 0) is 62.5 Å². The second-order valence-corrected chi connectivity index (χ2v) is 7.52. The molecule has 1 saturated heterocycles. The Morgan fingerprint density at radius 3 is 2.60 bits per heavy atom. The molecule has 3 aromatic rings. The van der Waals surface area contributed by atoms with Crippen LogP contribution in [0.3, 0.4) is 0 Å². The van der Waals surface area contributed by atoms with Crippen LogP contribution in [-0.2, 0) is 9.53 Å². The lowest BCUT2D eigenvalue weighted by Crippen LogP contribution is -2.36. The predicted octanol–water partition coefficient (Wildman–Crippen LogP) is 3.72. The maximum absolute atomic E-state index is 12.4. The molecule has 0 bridgehead atoms. The van der Waals surface area contributed by atoms with E-state index in [1.807, 2.05) is 41.3 Å². The molecule has 6 nitrogen and oxygen atoms in total. The molecule has 0 aliphatic carbocycles. The molecule has 1 aliphatic heterocycles. The fraction of sp³-hybridized carbons (Fsp3) is 0.261. The number of nitrogens with one attached hydrogen (secondary N) is 1. The normalized spacial score (nSPS) is 18.3. The van der Waals surface area contributed by atoms with Crippen LogP contribution in [0, 0.1) is 6.92 Å². The number of hydrogen-bond donors (Lipinski definition) is 1. The summed E-state index contributed by atoms with van der Waals surface area (Å²) in [4.78, 5) is 18.8. The van der Waals surface area contributed by atoms with Crippen molar-refractivity contribution >= 4 is 23.3 Å². The molecule has 0 saturated carbocycles. The fourth-order valence-corrected chi connectivity index (χ4v) is 4.27. The van der Waals surface area contributed by atoms with Crippen LogP contribution in [0.1, 0.15) is 36.1 Å². The minimum atomic E-state index is -0.303. The van der Waals surface area contributed by atoms with E-state index >= 15 is 0 Å². The van der Waals surface area contributed by atoms with Crippen LogP contribution in [0.4, 0.5) is 0 Å². The van der Waals surface area contributed by atoms with Gasteiger partial charge in [0.2, 0.25) is 0 Å². The minimum absolute atomic E-state index is 0.0761. The van der Waals surface area contributed by atoms with Crippen molar-refractivity contribution in [1.29, 1.82) is 0 Å². The van der Waals surface area contributed by atoms with Crippen molar-refractivity contribution in [3.8, 4) is 5.69 Å². The Balaban J connectivity index is 1.82. The number of pyridine rings is 1. The topological polar surface area (TPSA) is 59.4 Å². The Bertz CT molecular complexity index is 1040. The summed E-state index contributed by atoms with van der Waals surface area (Å²) in [6.45, 7) is 4.28. The molecule has 2 atom stereocenters. The Morgan fingerprint density at radius 1 is 1.13 bits per heavy atom. The third kappa shape index (κ3) is 3.80. The van der Waals surface area contributed by atoms with E-state index in [4.69, 9.17) is 17.0 Å². The summed E-state index contributed by atoms with van der Waals surface area (Å²) in [7, 11) is 0. The van der Waals surface area contributed by atoms with Crippen LogP contribution < -0.4 is 5.32 Å². The van der Waals surface area contributed by atoms with Crippen molar-refractivity contribution in [1.82, 2.24) is 19.8 Å². The summed E-state index contributed by atoms with van der Waals surface area (Å²) in [5.41, 5.74) is 4.06. The van der Waals surface area contributed by atoms with Gasteiger partial charge in [-0.1, -0.05) is 24.3 Å². The first-order valence-electron chi connectivity index (χ1n) is 9.97. The highest BCUT2D eigenvalue weighted by molar-refractivity contribution is 7.80. The molecule has 30 heavy (non-hydrogen) atoms. The molecule has 1 aliphatic rings. The van der Waals surface area contributed by atoms with Crippen LogP contribution in [-0.4, -0.2) is 38.7 Å². The van der Waals surface area contributed by atoms with E-state index in [0.29, 0.717) is 11.7 Å². The number of hydrogen-bond acceptors (Lipinski definition) is 4. The number of benzene rings is 1. The number of ether oxygens (including phenoxy) is 1. The van der Waals surface area contributed by atoms with Gasteiger partial charge in [-0.25, -0.2) is 0 Å². The molecule has 1 N–H and O–H groups in total. The first kappa shape index (κ1) is 20.1. The molecule has 0 spiro atoms. The summed E-state index contributed by atoms with van der Waals surface area (Å²) in [6.07, 6.45) is 1.77. The lowest BCUT2D eigenvalue weighted by molar-refractivity contribution is -0.143. The molecule has 4 rings (SSSR count).